The van der Waals surface area contributed by atoms with E-state index in [0.29, 0.717) is 6.61 Å². The van der Waals surface area contributed by atoms with E-state index in [2.05, 4.69) is 10.2 Å². The minimum absolute atomic E-state index is 0.0448. The molecule has 2 atom stereocenters. The molecule has 2 heterocycles. The summed E-state index contributed by atoms with van der Waals surface area (Å²) >= 11 is 1.61. The molecule has 0 fully saturated rings. The molecule has 0 amide bonds. The van der Waals surface area contributed by atoms with E-state index >= 15 is 0 Å². The molecule has 2 unspecified atom stereocenters. The largest absolute Gasteiger partial charge is 0.492 e. The van der Waals surface area contributed by atoms with Crippen LogP contribution in [-0.2, 0) is 7.05 Å². The van der Waals surface area contributed by atoms with E-state index in [-0.39, 0.29) is 11.3 Å². The fourth-order valence-corrected chi connectivity index (χ4v) is 2.99. The summed E-state index contributed by atoms with van der Waals surface area (Å²) < 4.78 is 7.62. The van der Waals surface area contributed by atoms with E-state index in [1.165, 1.54) is 0 Å². The molecular formula is C12H14N4OS. The summed E-state index contributed by atoms with van der Waals surface area (Å²) in [6, 6.07) is 7.87. The molecule has 5 nitrogen and oxygen atoms in total. The number of aryl methyl sites for hydroxylation is 1. The van der Waals surface area contributed by atoms with E-state index in [1.54, 1.807) is 18.1 Å². The molecule has 3 rings (SSSR count). The predicted molar refractivity (Wildman–Crippen MR) is 69.5 cm³/mol. The molecule has 0 spiro atoms. The molecule has 1 aliphatic rings. The molecule has 1 aromatic carbocycles. The summed E-state index contributed by atoms with van der Waals surface area (Å²) in [5.74, 6) is 0.889. The Balaban J connectivity index is 1.83. The number of benzene rings is 1. The number of fused-ring (bicyclic) bond motifs is 1. The first-order valence-corrected chi connectivity index (χ1v) is 6.61. The molecule has 1 aliphatic heterocycles. The fraction of sp³-hybridized carbons (Fsp3) is 0.333. The van der Waals surface area contributed by atoms with Crippen molar-refractivity contribution in [3.8, 4) is 5.75 Å². The zero-order valence-corrected chi connectivity index (χ0v) is 10.8. The summed E-state index contributed by atoms with van der Waals surface area (Å²) in [5.41, 5.74) is 7.36. The van der Waals surface area contributed by atoms with Crippen LogP contribution in [0.5, 0.6) is 5.75 Å². The normalized spacial score (nSPS) is 22.3. The van der Waals surface area contributed by atoms with Crippen molar-refractivity contribution < 1.29 is 4.74 Å². The van der Waals surface area contributed by atoms with Crippen molar-refractivity contribution in [3.05, 3.63) is 36.2 Å². The van der Waals surface area contributed by atoms with Crippen LogP contribution in [0.2, 0.25) is 0 Å². The van der Waals surface area contributed by atoms with Gasteiger partial charge in [0.05, 0.1) is 5.25 Å². The zero-order chi connectivity index (χ0) is 12.5. The summed E-state index contributed by atoms with van der Waals surface area (Å²) in [6.07, 6.45) is 1.69. The third-order valence-corrected chi connectivity index (χ3v) is 4.32. The van der Waals surface area contributed by atoms with Gasteiger partial charge in [-0.2, -0.15) is 0 Å². The summed E-state index contributed by atoms with van der Waals surface area (Å²) in [5, 5.41) is 8.95. The Morgan fingerprint density at radius 2 is 2.28 bits per heavy atom. The van der Waals surface area contributed by atoms with Crippen LogP contribution in [0.3, 0.4) is 0 Å². The van der Waals surface area contributed by atoms with Crippen LogP contribution in [-0.4, -0.2) is 26.6 Å². The van der Waals surface area contributed by atoms with Gasteiger partial charge in [0.15, 0.2) is 5.16 Å². The van der Waals surface area contributed by atoms with Crippen molar-refractivity contribution in [1.82, 2.24) is 14.8 Å². The topological polar surface area (TPSA) is 66.0 Å². The maximum Gasteiger partial charge on any atom is 0.191 e. The number of nitrogens with zero attached hydrogens (tertiary/aromatic N) is 3. The van der Waals surface area contributed by atoms with E-state index in [0.717, 1.165) is 16.5 Å². The lowest BCUT2D eigenvalue weighted by molar-refractivity contribution is 0.275. The number of thioether (sulfide) groups is 1. The maximum atomic E-state index is 6.30. The quantitative estimate of drug-likeness (QED) is 0.885. The number of hydrogen-bond donors (Lipinski definition) is 1. The first-order chi connectivity index (χ1) is 8.75. The highest BCUT2D eigenvalue weighted by atomic mass is 32.2. The number of aromatic nitrogens is 3. The predicted octanol–water partition coefficient (Wildman–Crippen LogP) is 1.37. The standard InChI is InChI=1S/C12H14N4OS/c1-16-7-14-15-12(16)18-10-6-17-9-5-3-2-4-8(9)11(10)13/h2-5,7,10-11H,6,13H2,1H3. The van der Waals surface area contributed by atoms with Gasteiger partial charge in [-0.3, -0.25) is 0 Å². The van der Waals surface area contributed by atoms with E-state index in [4.69, 9.17) is 10.5 Å². The molecule has 6 heteroatoms. The minimum Gasteiger partial charge on any atom is -0.492 e. The highest BCUT2D eigenvalue weighted by Gasteiger charge is 2.29. The highest BCUT2D eigenvalue weighted by Crippen LogP contribution is 2.37. The average molecular weight is 262 g/mol. The fourth-order valence-electron chi connectivity index (χ4n) is 1.99. The van der Waals surface area contributed by atoms with Crippen LogP contribution in [0, 0.1) is 0 Å². The smallest absolute Gasteiger partial charge is 0.191 e. The lowest BCUT2D eigenvalue weighted by atomic mass is 10.0. The SMILES string of the molecule is Cn1cnnc1SC1COc2ccccc2C1N. The van der Waals surface area contributed by atoms with Gasteiger partial charge in [-0.15, -0.1) is 10.2 Å². The molecule has 94 valence electrons. The lowest BCUT2D eigenvalue weighted by Crippen LogP contribution is -2.33. The Bertz CT molecular complexity index is 557. The zero-order valence-electron chi connectivity index (χ0n) is 9.98. The Morgan fingerprint density at radius 1 is 1.44 bits per heavy atom. The third kappa shape index (κ3) is 1.97. The summed E-state index contributed by atoms with van der Waals surface area (Å²) in [6.45, 7) is 0.593. The van der Waals surface area contributed by atoms with Gasteiger partial charge in [0, 0.05) is 18.7 Å². The molecule has 0 radical (unpaired) electrons. The van der Waals surface area contributed by atoms with Crippen molar-refractivity contribution >= 4 is 11.8 Å². The highest BCUT2D eigenvalue weighted by molar-refractivity contribution is 7.99. The van der Waals surface area contributed by atoms with Gasteiger partial charge in [-0.1, -0.05) is 30.0 Å². The number of rotatable bonds is 2. The second kappa shape index (κ2) is 4.62. The van der Waals surface area contributed by atoms with Gasteiger partial charge in [0.2, 0.25) is 0 Å². The number of para-hydroxylation sites is 1. The Morgan fingerprint density at radius 3 is 3.06 bits per heavy atom. The second-order valence-corrected chi connectivity index (χ2v) is 5.46. The molecule has 2 N–H and O–H groups in total. The first-order valence-electron chi connectivity index (χ1n) is 5.73. The van der Waals surface area contributed by atoms with Crippen LogP contribution >= 0.6 is 11.8 Å². The second-order valence-electron chi connectivity index (χ2n) is 4.26. The van der Waals surface area contributed by atoms with Gasteiger partial charge in [0.1, 0.15) is 18.7 Å². The van der Waals surface area contributed by atoms with Gasteiger partial charge < -0.3 is 15.0 Å². The van der Waals surface area contributed by atoms with E-state index < -0.39 is 0 Å². The van der Waals surface area contributed by atoms with Crippen molar-refractivity contribution in [2.75, 3.05) is 6.61 Å². The van der Waals surface area contributed by atoms with Crippen LogP contribution in [0.1, 0.15) is 11.6 Å². The van der Waals surface area contributed by atoms with Gasteiger partial charge in [-0.25, -0.2) is 0 Å². The molecule has 0 saturated carbocycles. The average Bonchev–Trinajstić information content (AvgIpc) is 2.79. The van der Waals surface area contributed by atoms with Crippen LogP contribution < -0.4 is 10.5 Å². The van der Waals surface area contributed by atoms with Gasteiger partial charge >= 0.3 is 0 Å². The maximum absolute atomic E-state index is 6.30. The van der Waals surface area contributed by atoms with E-state index in [1.807, 2.05) is 35.9 Å². The summed E-state index contributed by atoms with van der Waals surface area (Å²) in [7, 11) is 1.92. The molecule has 0 bridgehead atoms. The van der Waals surface area contributed by atoms with E-state index in [9.17, 15) is 0 Å². The molecular weight excluding hydrogens is 248 g/mol. The molecule has 18 heavy (non-hydrogen) atoms. The third-order valence-electron chi connectivity index (χ3n) is 3.01. The van der Waals surface area contributed by atoms with Gasteiger partial charge in [0.25, 0.3) is 0 Å². The molecule has 0 saturated heterocycles. The Hall–Kier alpha value is -1.53. The van der Waals surface area contributed by atoms with Gasteiger partial charge in [-0.05, 0) is 6.07 Å². The Kier molecular flexibility index (Phi) is 2.97. The number of hydrogen-bond acceptors (Lipinski definition) is 5. The molecule has 2 aromatic rings. The van der Waals surface area contributed by atoms with Crippen molar-refractivity contribution in [1.29, 1.82) is 0 Å². The lowest BCUT2D eigenvalue weighted by Gasteiger charge is -2.30. The number of ether oxygens (including phenoxy) is 1. The van der Waals surface area contributed by atoms with Crippen LogP contribution in [0.15, 0.2) is 35.7 Å². The monoisotopic (exact) mass is 262 g/mol. The number of nitrogens with two attached hydrogens (primary N) is 1. The molecule has 0 aliphatic carbocycles. The van der Waals surface area contributed by atoms with Crippen LogP contribution in [0.25, 0.3) is 0 Å². The Labute approximate surface area is 109 Å². The van der Waals surface area contributed by atoms with Crippen LogP contribution in [0.4, 0.5) is 0 Å². The van der Waals surface area contributed by atoms with Crippen molar-refractivity contribution in [2.24, 2.45) is 12.8 Å². The first kappa shape index (κ1) is 11.6. The minimum atomic E-state index is -0.0448. The molecule has 1 aromatic heterocycles. The van der Waals surface area contributed by atoms with Crippen molar-refractivity contribution in [3.63, 3.8) is 0 Å². The van der Waals surface area contributed by atoms with Crippen molar-refractivity contribution in [2.45, 2.75) is 16.4 Å². The summed E-state index contributed by atoms with van der Waals surface area (Å²) in [4.78, 5) is 0.